The fraction of sp³-hybridized carbons (Fsp3) is 0.333. The highest BCUT2D eigenvalue weighted by Gasteiger charge is 2.33. The summed E-state index contributed by atoms with van der Waals surface area (Å²) in [6.45, 7) is 9.85. The van der Waals surface area contributed by atoms with Crippen molar-refractivity contribution in [1.82, 2.24) is 20.3 Å². The molecule has 1 aliphatic carbocycles. The summed E-state index contributed by atoms with van der Waals surface area (Å²) < 4.78 is 16.0. The number of allylic oxidation sites excluding steroid dienone is 2. The zero-order valence-electron chi connectivity index (χ0n) is 18.5. The Kier molecular flexibility index (Phi) is 5.40. The van der Waals surface area contributed by atoms with Crippen LogP contribution in [0.1, 0.15) is 19.4 Å². The minimum atomic E-state index is -0.467. The minimum Gasteiger partial charge on any atom is -0.352 e. The molecule has 3 heterocycles. The number of aromatic nitrogens is 2. The van der Waals surface area contributed by atoms with Crippen molar-refractivity contribution in [3.63, 3.8) is 0 Å². The van der Waals surface area contributed by atoms with Gasteiger partial charge in [0.1, 0.15) is 17.7 Å². The molecule has 1 amide bonds. The van der Waals surface area contributed by atoms with Crippen LogP contribution in [-0.4, -0.2) is 59.2 Å². The standard InChI is InChI=1S/C24H24ClFN6O/c1-4-18(33)31-5-7-32(8-6-31)24-15-10-17(25)20(21(26)23(15)27-12-28-24)19-13(2)9-14(3)22-16(19)11-29-30-22/h4,9-12,14,22,30H,1,5-8H2,2-3H3/t14?,22-/m0/s1. The Balaban J connectivity index is 1.59. The van der Waals surface area contributed by atoms with Crippen molar-refractivity contribution in [3.05, 3.63) is 58.7 Å². The molecule has 2 atom stereocenters. The molecule has 9 heteroatoms. The average Bonchev–Trinajstić information content (AvgIpc) is 3.30. The highest BCUT2D eigenvalue weighted by molar-refractivity contribution is 6.34. The molecule has 7 nitrogen and oxygen atoms in total. The maximum absolute atomic E-state index is 16.0. The normalized spacial score (nSPS) is 22.4. The number of hydrogen-bond donors (Lipinski definition) is 1. The van der Waals surface area contributed by atoms with Crippen molar-refractivity contribution in [2.24, 2.45) is 11.0 Å². The summed E-state index contributed by atoms with van der Waals surface area (Å²) in [6, 6.07) is 1.74. The Morgan fingerprint density at radius 2 is 2.06 bits per heavy atom. The van der Waals surface area contributed by atoms with E-state index in [4.69, 9.17) is 11.6 Å². The fourth-order valence-electron chi connectivity index (χ4n) is 4.97. The Labute approximate surface area is 196 Å². The molecule has 0 radical (unpaired) electrons. The molecule has 5 rings (SSSR count). The minimum absolute atomic E-state index is 0.00889. The number of nitrogens with zero attached hydrogens (tertiary/aromatic N) is 5. The van der Waals surface area contributed by atoms with Gasteiger partial charge in [-0.25, -0.2) is 14.4 Å². The fourth-order valence-corrected chi connectivity index (χ4v) is 5.25. The number of hydrogen-bond acceptors (Lipinski definition) is 6. The number of anilines is 1. The van der Waals surface area contributed by atoms with Crippen molar-refractivity contribution in [3.8, 4) is 0 Å². The molecule has 3 aliphatic rings. The van der Waals surface area contributed by atoms with Crippen LogP contribution in [-0.2, 0) is 4.79 Å². The Bertz CT molecular complexity index is 1260. The third-order valence-electron chi connectivity index (χ3n) is 6.59. The summed E-state index contributed by atoms with van der Waals surface area (Å²) in [5.74, 6) is 0.283. The van der Waals surface area contributed by atoms with Gasteiger partial charge in [0.2, 0.25) is 5.91 Å². The second-order valence-corrected chi connectivity index (χ2v) is 8.97. The Morgan fingerprint density at radius 1 is 1.30 bits per heavy atom. The first-order valence-electron chi connectivity index (χ1n) is 10.9. The number of carbonyl (C=O) groups excluding carboxylic acids is 1. The van der Waals surface area contributed by atoms with E-state index in [9.17, 15) is 4.79 Å². The van der Waals surface area contributed by atoms with E-state index in [1.165, 1.54) is 12.4 Å². The van der Waals surface area contributed by atoms with Crippen molar-refractivity contribution < 1.29 is 9.18 Å². The molecular weight excluding hydrogens is 443 g/mol. The summed E-state index contributed by atoms with van der Waals surface area (Å²) in [7, 11) is 0. The topological polar surface area (TPSA) is 73.7 Å². The maximum Gasteiger partial charge on any atom is 0.246 e. The van der Waals surface area contributed by atoms with Crippen LogP contribution < -0.4 is 10.3 Å². The van der Waals surface area contributed by atoms with Crippen LogP contribution in [0.5, 0.6) is 0 Å². The molecule has 1 aromatic carbocycles. The van der Waals surface area contributed by atoms with Crippen molar-refractivity contribution in [2.75, 3.05) is 31.1 Å². The van der Waals surface area contributed by atoms with Gasteiger partial charge in [0.25, 0.3) is 0 Å². The highest BCUT2D eigenvalue weighted by atomic mass is 35.5. The third-order valence-corrected chi connectivity index (χ3v) is 6.89. The van der Waals surface area contributed by atoms with E-state index in [0.29, 0.717) is 48.0 Å². The van der Waals surface area contributed by atoms with Crippen LogP contribution in [0.4, 0.5) is 10.2 Å². The zero-order valence-corrected chi connectivity index (χ0v) is 19.2. The second-order valence-electron chi connectivity index (χ2n) is 8.56. The van der Waals surface area contributed by atoms with E-state index in [2.05, 4.69) is 40.1 Å². The van der Waals surface area contributed by atoms with Gasteiger partial charge in [-0.05, 0) is 30.2 Å². The van der Waals surface area contributed by atoms with Crippen molar-refractivity contribution >= 4 is 46.0 Å². The summed E-state index contributed by atoms with van der Waals surface area (Å²) in [6.07, 6.45) is 6.56. The first-order chi connectivity index (χ1) is 15.9. The predicted octanol–water partition coefficient (Wildman–Crippen LogP) is 3.56. The monoisotopic (exact) mass is 466 g/mol. The Hall–Kier alpha value is -3.26. The van der Waals surface area contributed by atoms with Gasteiger partial charge in [-0.3, -0.25) is 4.79 Å². The van der Waals surface area contributed by atoms with E-state index in [1.807, 2.05) is 11.8 Å². The molecule has 2 aromatic rings. The number of rotatable bonds is 3. The van der Waals surface area contributed by atoms with Crippen LogP contribution in [0.3, 0.4) is 0 Å². The highest BCUT2D eigenvalue weighted by Crippen LogP contribution is 2.42. The average molecular weight is 467 g/mol. The molecule has 33 heavy (non-hydrogen) atoms. The Morgan fingerprint density at radius 3 is 2.79 bits per heavy atom. The molecule has 1 fully saturated rings. The van der Waals surface area contributed by atoms with Gasteiger partial charge in [0, 0.05) is 48.6 Å². The van der Waals surface area contributed by atoms with Crippen LogP contribution in [0.2, 0.25) is 5.02 Å². The van der Waals surface area contributed by atoms with E-state index in [0.717, 1.165) is 16.7 Å². The largest absolute Gasteiger partial charge is 0.352 e. The number of benzene rings is 1. The maximum atomic E-state index is 16.0. The predicted molar refractivity (Wildman–Crippen MR) is 129 cm³/mol. The van der Waals surface area contributed by atoms with Gasteiger partial charge in [0.15, 0.2) is 5.82 Å². The molecule has 1 saturated heterocycles. The molecule has 0 saturated carbocycles. The van der Waals surface area contributed by atoms with Crippen molar-refractivity contribution in [2.45, 2.75) is 19.9 Å². The van der Waals surface area contributed by atoms with Gasteiger partial charge in [-0.1, -0.05) is 31.2 Å². The molecule has 1 aromatic heterocycles. The van der Waals surface area contributed by atoms with Crippen LogP contribution in [0.15, 0.2) is 47.4 Å². The second kappa shape index (κ2) is 8.26. The summed E-state index contributed by atoms with van der Waals surface area (Å²) in [5.41, 5.74) is 6.32. The van der Waals surface area contributed by atoms with Crippen LogP contribution in [0, 0.1) is 11.7 Å². The smallest absolute Gasteiger partial charge is 0.246 e. The van der Waals surface area contributed by atoms with Gasteiger partial charge in [-0.15, -0.1) is 0 Å². The summed E-state index contributed by atoms with van der Waals surface area (Å²) >= 11 is 6.72. The molecule has 0 bridgehead atoms. The lowest BCUT2D eigenvalue weighted by Crippen LogP contribution is -2.48. The van der Waals surface area contributed by atoms with Crippen molar-refractivity contribution in [1.29, 1.82) is 0 Å². The molecular formula is C24H24ClFN6O. The number of carbonyl (C=O) groups is 1. The lowest BCUT2D eigenvalue weighted by Gasteiger charge is -2.35. The molecule has 1 unspecified atom stereocenters. The van der Waals surface area contributed by atoms with E-state index < -0.39 is 5.82 Å². The number of amides is 1. The van der Waals surface area contributed by atoms with Gasteiger partial charge >= 0.3 is 0 Å². The summed E-state index contributed by atoms with van der Waals surface area (Å²) in [4.78, 5) is 24.4. The van der Waals surface area contributed by atoms with E-state index >= 15 is 4.39 Å². The number of halogens is 2. The van der Waals surface area contributed by atoms with Crippen LogP contribution >= 0.6 is 11.6 Å². The first kappa shape index (κ1) is 21.6. The van der Waals surface area contributed by atoms with Crippen LogP contribution in [0.25, 0.3) is 16.5 Å². The lowest BCUT2D eigenvalue weighted by molar-refractivity contribution is -0.126. The van der Waals surface area contributed by atoms with Gasteiger partial charge in [-0.2, -0.15) is 5.10 Å². The van der Waals surface area contributed by atoms with E-state index in [-0.39, 0.29) is 23.4 Å². The molecule has 1 N–H and O–H groups in total. The lowest BCUT2D eigenvalue weighted by atomic mass is 9.80. The quantitative estimate of drug-likeness (QED) is 0.700. The van der Waals surface area contributed by atoms with E-state index in [1.54, 1.807) is 17.2 Å². The molecule has 0 spiro atoms. The summed E-state index contributed by atoms with van der Waals surface area (Å²) in [5, 5.41) is 5.07. The molecule has 170 valence electrons. The first-order valence-corrected chi connectivity index (χ1v) is 11.3. The molecule has 2 aliphatic heterocycles. The number of fused-ring (bicyclic) bond motifs is 2. The zero-order chi connectivity index (χ0) is 23.3. The number of nitrogens with one attached hydrogen (secondary N) is 1. The third kappa shape index (κ3) is 3.49. The number of piperazine rings is 1. The number of hydrazone groups is 1. The van der Waals surface area contributed by atoms with Gasteiger partial charge < -0.3 is 15.2 Å². The SMILES string of the molecule is C=CC(=O)N1CCN(c2ncnc3c(F)c(C4=C5C=NN[C@H]5C(C)C=C4C)c(Cl)cc23)CC1. The van der Waals surface area contributed by atoms with Gasteiger partial charge in [0.05, 0.1) is 17.3 Å².